The van der Waals surface area contributed by atoms with E-state index in [1.807, 2.05) is 12.1 Å². The van der Waals surface area contributed by atoms with Crippen LogP contribution in [-0.4, -0.2) is 37.0 Å². The molecule has 0 unspecified atom stereocenters. The Morgan fingerprint density at radius 2 is 1.78 bits per heavy atom. The van der Waals surface area contributed by atoms with Crippen molar-refractivity contribution in [3.8, 4) is 11.5 Å². The highest BCUT2D eigenvalue weighted by atomic mass is 16.6. The molecule has 2 aromatic rings. The van der Waals surface area contributed by atoms with Gasteiger partial charge in [0, 0.05) is 18.7 Å². The Morgan fingerprint density at radius 1 is 1.00 bits per heavy atom. The zero-order valence-electron chi connectivity index (χ0n) is 13.0. The van der Waals surface area contributed by atoms with Crippen LogP contribution in [-0.2, 0) is 13.0 Å². The Labute approximate surface area is 135 Å². The molecule has 0 saturated carbocycles. The van der Waals surface area contributed by atoms with E-state index in [1.165, 1.54) is 11.1 Å². The smallest absolute Gasteiger partial charge is 0.176 e. The largest absolute Gasteiger partial charge is 0.486 e. The number of carbonyl (C=O) groups is 1. The van der Waals surface area contributed by atoms with Gasteiger partial charge in [-0.25, -0.2) is 0 Å². The molecule has 118 valence electrons. The molecule has 0 atom stereocenters. The summed E-state index contributed by atoms with van der Waals surface area (Å²) in [6.45, 7) is 3.30. The SMILES string of the molecule is O=C(CN1CCc2ccccc2C1)c1ccc2c(c1)OCCO2. The summed E-state index contributed by atoms with van der Waals surface area (Å²) in [6, 6.07) is 13.9. The number of hydrogen-bond acceptors (Lipinski definition) is 4. The zero-order chi connectivity index (χ0) is 15.6. The van der Waals surface area contributed by atoms with E-state index >= 15 is 0 Å². The summed E-state index contributed by atoms with van der Waals surface area (Å²) < 4.78 is 11.1. The average Bonchev–Trinajstić information content (AvgIpc) is 2.61. The number of carbonyl (C=O) groups excluding carboxylic acids is 1. The fraction of sp³-hybridized carbons (Fsp3) is 0.316. The van der Waals surface area contributed by atoms with Gasteiger partial charge in [0.15, 0.2) is 17.3 Å². The Balaban J connectivity index is 1.46. The van der Waals surface area contributed by atoms with Crippen LogP contribution in [0.15, 0.2) is 42.5 Å². The number of Topliss-reactive ketones (excluding diaryl/α,β-unsaturated/α-hetero) is 1. The van der Waals surface area contributed by atoms with Crippen LogP contribution in [0.5, 0.6) is 11.5 Å². The lowest BCUT2D eigenvalue weighted by atomic mass is 9.99. The standard InChI is InChI=1S/C19H19NO3/c21-17(15-5-6-18-19(11-15)23-10-9-22-18)13-20-8-7-14-3-1-2-4-16(14)12-20/h1-6,11H,7-10,12-13H2. The van der Waals surface area contributed by atoms with E-state index in [0.717, 1.165) is 25.3 Å². The third kappa shape index (κ3) is 2.94. The fourth-order valence-corrected chi connectivity index (χ4v) is 3.20. The van der Waals surface area contributed by atoms with Crippen LogP contribution < -0.4 is 9.47 Å². The second kappa shape index (κ2) is 6.05. The van der Waals surface area contributed by atoms with Crippen LogP contribution >= 0.6 is 0 Å². The van der Waals surface area contributed by atoms with Gasteiger partial charge in [-0.15, -0.1) is 0 Å². The van der Waals surface area contributed by atoms with Crippen LogP contribution in [0.25, 0.3) is 0 Å². The molecule has 2 aromatic carbocycles. The molecular weight excluding hydrogens is 290 g/mol. The number of nitrogens with zero attached hydrogens (tertiary/aromatic N) is 1. The molecule has 0 spiro atoms. The molecule has 0 saturated heterocycles. The number of rotatable bonds is 3. The Morgan fingerprint density at radius 3 is 2.65 bits per heavy atom. The molecule has 23 heavy (non-hydrogen) atoms. The van der Waals surface area contributed by atoms with Gasteiger partial charge in [0.1, 0.15) is 13.2 Å². The van der Waals surface area contributed by atoms with E-state index in [4.69, 9.17) is 9.47 Å². The summed E-state index contributed by atoms with van der Waals surface area (Å²) in [5.41, 5.74) is 3.41. The van der Waals surface area contributed by atoms with Crippen LogP contribution in [0.1, 0.15) is 21.5 Å². The number of hydrogen-bond donors (Lipinski definition) is 0. The summed E-state index contributed by atoms with van der Waals surface area (Å²) in [5, 5.41) is 0. The van der Waals surface area contributed by atoms with Crippen molar-refractivity contribution in [1.82, 2.24) is 4.90 Å². The first-order chi connectivity index (χ1) is 11.3. The lowest BCUT2D eigenvalue weighted by Crippen LogP contribution is -2.34. The van der Waals surface area contributed by atoms with Crippen LogP contribution in [0.4, 0.5) is 0 Å². The second-order valence-electron chi connectivity index (χ2n) is 6.01. The van der Waals surface area contributed by atoms with Gasteiger partial charge in [-0.05, 0) is 35.7 Å². The first kappa shape index (κ1) is 14.3. The van der Waals surface area contributed by atoms with E-state index in [-0.39, 0.29) is 5.78 Å². The minimum Gasteiger partial charge on any atom is -0.486 e. The van der Waals surface area contributed by atoms with E-state index < -0.39 is 0 Å². The lowest BCUT2D eigenvalue weighted by molar-refractivity contribution is 0.0920. The molecule has 0 radical (unpaired) electrons. The van der Waals surface area contributed by atoms with Crippen LogP contribution in [0, 0.1) is 0 Å². The van der Waals surface area contributed by atoms with Gasteiger partial charge < -0.3 is 9.47 Å². The molecule has 0 aliphatic carbocycles. The van der Waals surface area contributed by atoms with E-state index in [1.54, 1.807) is 6.07 Å². The number of benzene rings is 2. The van der Waals surface area contributed by atoms with Crippen molar-refractivity contribution < 1.29 is 14.3 Å². The van der Waals surface area contributed by atoms with Gasteiger partial charge >= 0.3 is 0 Å². The number of ether oxygens (including phenoxy) is 2. The first-order valence-electron chi connectivity index (χ1n) is 8.01. The van der Waals surface area contributed by atoms with Crippen molar-refractivity contribution >= 4 is 5.78 Å². The van der Waals surface area contributed by atoms with Crippen molar-refractivity contribution in [2.75, 3.05) is 26.3 Å². The molecule has 4 nitrogen and oxygen atoms in total. The molecule has 2 heterocycles. The van der Waals surface area contributed by atoms with Gasteiger partial charge in [0.25, 0.3) is 0 Å². The van der Waals surface area contributed by atoms with Gasteiger partial charge in [-0.3, -0.25) is 9.69 Å². The van der Waals surface area contributed by atoms with Gasteiger partial charge in [0.2, 0.25) is 0 Å². The molecule has 0 N–H and O–H groups in total. The minimum atomic E-state index is 0.126. The maximum Gasteiger partial charge on any atom is 0.176 e. The Bertz CT molecular complexity index is 741. The molecule has 0 amide bonds. The van der Waals surface area contributed by atoms with Crippen molar-refractivity contribution in [3.63, 3.8) is 0 Å². The topological polar surface area (TPSA) is 38.8 Å². The molecule has 0 bridgehead atoms. The molecule has 4 rings (SSSR count). The van der Waals surface area contributed by atoms with Gasteiger partial charge in [0.05, 0.1) is 6.54 Å². The molecule has 2 aliphatic heterocycles. The van der Waals surface area contributed by atoms with Crippen molar-refractivity contribution in [3.05, 3.63) is 59.2 Å². The maximum atomic E-state index is 12.6. The fourth-order valence-electron chi connectivity index (χ4n) is 3.20. The predicted octanol–water partition coefficient (Wildman–Crippen LogP) is 2.70. The van der Waals surface area contributed by atoms with Crippen molar-refractivity contribution in [2.24, 2.45) is 0 Å². The molecular formula is C19H19NO3. The molecule has 0 aromatic heterocycles. The average molecular weight is 309 g/mol. The minimum absolute atomic E-state index is 0.126. The van der Waals surface area contributed by atoms with Crippen LogP contribution in [0.2, 0.25) is 0 Å². The summed E-state index contributed by atoms with van der Waals surface area (Å²) in [7, 11) is 0. The summed E-state index contributed by atoms with van der Waals surface area (Å²) in [5.74, 6) is 1.52. The van der Waals surface area contributed by atoms with Gasteiger partial charge in [-0.2, -0.15) is 0 Å². The normalized spacial score (nSPS) is 16.7. The molecule has 0 fully saturated rings. The van der Waals surface area contributed by atoms with Crippen molar-refractivity contribution in [2.45, 2.75) is 13.0 Å². The van der Waals surface area contributed by atoms with Crippen LogP contribution in [0.3, 0.4) is 0 Å². The third-order valence-electron chi connectivity index (χ3n) is 4.44. The second-order valence-corrected chi connectivity index (χ2v) is 6.01. The Hall–Kier alpha value is -2.33. The highest BCUT2D eigenvalue weighted by Crippen LogP contribution is 2.31. The number of fused-ring (bicyclic) bond motifs is 2. The monoisotopic (exact) mass is 309 g/mol. The van der Waals surface area contributed by atoms with E-state index in [9.17, 15) is 4.79 Å². The Kier molecular flexibility index (Phi) is 3.75. The lowest BCUT2D eigenvalue weighted by Gasteiger charge is -2.28. The highest BCUT2D eigenvalue weighted by Gasteiger charge is 2.20. The van der Waals surface area contributed by atoms with E-state index in [2.05, 4.69) is 29.2 Å². The quantitative estimate of drug-likeness (QED) is 0.817. The first-order valence-corrected chi connectivity index (χ1v) is 8.01. The zero-order valence-corrected chi connectivity index (χ0v) is 13.0. The van der Waals surface area contributed by atoms with Gasteiger partial charge in [-0.1, -0.05) is 24.3 Å². The number of ketones is 1. The predicted molar refractivity (Wildman–Crippen MR) is 87.2 cm³/mol. The highest BCUT2D eigenvalue weighted by molar-refractivity contribution is 5.98. The summed E-state index contributed by atoms with van der Waals surface area (Å²) >= 11 is 0. The third-order valence-corrected chi connectivity index (χ3v) is 4.44. The maximum absolute atomic E-state index is 12.6. The summed E-state index contributed by atoms with van der Waals surface area (Å²) in [6.07, 6.45) is 1.00. The molecule has 4 heteroatoms. The summed E-state index contributed by atoms with van der Waals surface area (Å²) in [4.78, 5) is 14.8. The molecule has 2 aliphatic rings. The van der Waals surface area contributed by atoms with Crippen molar-refractivity contribution in [1.29, 1.82) is 0 Å². The van der Waals surface area contributed by atoms with E-state index in [0.29, 0.717) is 31.1 Å².